The summed E-state index contributed by atoms with van der Waals surface area (Å²) < 4.78 is 5.03. The van der Waals surface area contributed by atoms with Gasteiger partial charge in [-0.2, -0.15) is 0 Å². The number of ether oxygens (including phenoxy) is 1. The first kappa shape index (κ1) is 8.49. The molecule has 0 spiro atoms. The van der Waals surface area contributed by atoms with E-state index < -0.39 is 0 Å². The van der Waals surface area contributed by atoms with Gasteiger partial charge >= 0.3 is 0 Å². The highest BCUT2D eigenvalue weighted by Gasteiger charge is 2.05. The van der Waals surface area contributed by atoms with E-state index in [0.717, 1.165) is 5.82 Å². The third-order valence-electron chi connectivity index (χ3n) is 1.39. The predicted octanol–water partition coefficient (Wildman–Crippen LogP) is 1.04. The minimum atomic E-state index is 0.138. The summed E-state index contributed by atoms with van der Waals surface area (Å²) in [5.74, 6) is 0.754. The van der Waals surface area contributed by atoms with Crippen molar-refractivity contribution >= 4 is 11.6 Å². The Balaban J connectivity index is 2.50. The summed E-state index contributed by atoms with van der Waals surface area (Å²) in [6.45, 7) is 1.95. The molecule has 0 fully saturated rings. The van der Waals surface area contributed by atoms with Crippen LogP contribution in [-0.4, -0.2) is 28.4 Å². The average Bonchev–Trinajstić information content (AvgIpc) is 2.35. The Morgan fingerprint density at radius 3 is 2.91 bits per heavy atom. The van der Waals surface area contributed by atoms with Gasteiger partial charge in [0.2, 0.25) is 5.28 Å². The van der Waals surface area contributed by atoms with E-state index in [4.69, 9.17) is 16.3 Å². The molecule has 0 bridgehead atoms. The molecule has 0 amide bonds. The van der Waals surface area contributed by atoms with Crippen LogP contribution in [0.2, 0.25) is 5.28 Å². The van der Waals surface area contributed by atoms with Crippen molar-refractivity contribution in [3.05, 3.63) is 11.1 Å². The van der Waals surface area contributed by atoms with Gasteiger partial charge < -0.3 is 4.74 Å². The van der Waals surface area contributed by atoms with Crippen molar-refractivity contribution in [3.8, 4) is 0 Å². The highest BCUT2D eigenvalue weighted by atomic mass is 35.5. The SMILES string of the molecule is COC(C)Cc1nc(Cl)n[nH]1. The standard InChI is InChI=1S/C6H10ClN3O/c1-4(11-2)3-5-8-6(7)10-9-5/h4H,3H2,1-2H3,(H,8,9,10). The molecule has 0 aromatic carbocycles. The summed E-state index contributed by atoms with van der Waals surface area (Å²) in [5, 5.41) is 6.63. The number of aromatic nitrogens is 3. The molecule has 4 nitrogen and oxygen atoms in total. The summed E-state index contributed by atoms with van der Waals surface area (Å²) in [7, 11) is 1.66. The lowest BCUT2D eigenvalue weighted by atomic mass is 10.3. The molecule has 0 saturated carbocycles. The van der Waals surface area contributed by atoms with Gasteiger partial charge in [0, 0.05) is 13.5 Å². The molecule has 1 aromatic heterocycles. The van der Waals surface area contributed by atoms with Crippen molar-refractivity contribution in [2.24, 2.45) is 0 Å². The van der Waals surface area contributed by atoms with Crippen LogP contribution in [0.3, 0.4) is 0 Å². The van der Waals surface area contributed by atoms with E-state index in [-0.39, 0.29) is 11.4 Å². The van der Waals surface area contributed by atoms with Crippen molar-refractivity contribution in [2.75, 3.05) is 7.11 Å². The monoisotopic (exact) mass is 175 g/mol. The lowest BCUT2D eigenvalue weighted by Crippen LogP contribution is -2.09. The van der Waals surface area contributed by atoms with E-state index in [1.54, 1.807) is 7.11 Å². The summed E-state index contributed by atoms with van der Waals surface area (Å²) in [4.78, 5) is 3.92. The van der Waals surface area contributed by atoms with Gasteiger partial charge in [0.25, 0.3) is 0 Å². The van der Waals surface area contributed by atoms with Crippen LogP contribution in [0.1, 0.15) is 12.7 Å². The highest BCUT2D eigenvalue weighted by Crippen LogP contribution is 2.02. The molecule has 1 N–H and O–H groups in total. The van der Waals surface area contributed by atoms with Crippen molar-refractivity contribution in [1.29, 1.82) is 0 Å². The Bertz CT molecular complexity index is 225. The minimum Gasteiger partial charge on any atom is -0.381 e. The second-order valence-electron chi connectivity index (χ2n) is 2.30. The molecule has 1 heterocycles. The molecule has 1 atom stereocenters. The number of rotatable bonds is 3. The first-order valence-corrected chi connectivity index (χ1v) is 3.69. The quantitative estimate of drug-likeness (QED) is 0.747. The van der Waals surface area contributed by atoms with E-state index in [9.17, 15) is 0 Å². The van der Waals surface area contributed by atoms with Crippen LogP contribution in [0.15, 0.2) is 0 Å². The van der Waals surface area contributed by atoms with Gasteiger partial charge in [-0.15, -0.1) is 5.10 Å². The Hall–Kier alpha value is -0.610. The number of methoxy groups -OCH3 is 1. The molecule has 1 rings (SSSR count). The van der Waals surface area contributed by atoms with Crippen molar-refractivity contribution in [3.63, 3.8) is 0 Å². The summed E-state index contributed by atoms with van der Waals surface area (Å²) in [5.41, 5.74) is 0. The molecule has 11 heavy (non-hydrogen) atoms. The maximum absolute atomic E-state index is 5.49. The van der Waals surface area contributed by atoms with Crippen LogP contribution >= 0.6 is 11.6 Å². The second kappa shape index (κ2) is 3.69. The van der Waals surface area contributed by atoms with Crippen molar-refractivity contribution in [1.82, 2.24) is 15.2 Å². The third kappa shape index (κ3) is 2.48. The first-order valence-electron chi connectivity index (χ1n) is 3.32. The number of aromatic amines is 1. The predicted molar refractivity (Wildman–Crippen MR) is 41.6 cm³/mol. The van der Waals surface area contributed by atoms with Crippen LogP contribution in [0.5, 0.6) is 0 Å². The maximum atomic E-state index is 5.49. The van der Waals surface area contributed by atoms with E-state index in [1.807, 2.05) is 6.92 Å². The fourth-order valence-electron chi connectivity index (χ4n) is 0.719. The zero-order valence-corrected chi connectivity index (χ0v) is 7.22. The van der Waals surface area contributed by atoms with Crippen LogP contribution in [0.4, 0.5) is 0 Å². The summed E-state index contributed by atoms with van der Waals surface area (Å²) >= 11 is 5.49. The van der Waals surface area contributed by atoms with Gasteiger partial charge in [-0.05, 0) is 18.5 Å². The number of hydrogen-bond acceptors (Lipinski definition) is 3. The normalized spacial score (nSPS) is 13.4. The van der Waals surface area contributed by atoms with Crippen LogP contribution in [0.25, 0.3) is 0 Å². The number of hydrogen-bond donors (Lipinski definition) is 1. The number of nitrogens with one attached hydrogen (secondary N) is 1. The van der Waals surface area contributed by atoms with Gasteiger partial charge in [0.05, 0.1) is 6.10 Å². The molecule has 0 aliphatic rings. The van der Waals surface area contributed by atoms with Gasteiger partial charge in [-0.3, -0.25) is 5.10 Å². The van der Waals surface area contributed by atoms with Crippen molar-refractivity contribution < 1.29 is 4.74 Å². The molecule has 5 heteroatoms. The van der Waals surface area contributed by atoms with E-state index in [1.165, 1.54) is 0 Å². The Morgan fingerprint density at radius 2 is 2.45 bits per heavy atom. The van der Waals surface area contributed by atoms with Crippen molar-refractivity contribution in [2.45, 2.75) is 19.4 Å². The minimum absolute atomic E-state index is 0.138. The fraction of sp³-hybridized carbons (Fsp3) is 0.667. The maximum Gasteiger partial charge on any atom is 0.242 e. The van der Waals surface area contributed by atoms with Gasteiger partial charge in [-0.1, -0.05) is 0 Å². The smallest absolute Gasteiger partial charge is 0.242 e. The highest BCUT2D eigenvalue weighted by molar-refractivity contribution is 6.28. The van der Waals surface area contributed by atoms with Gasteiger partial charge in [-0.25, -0.2) is 4.98 Å². The summed E-state index contributed by atoms with van der Waals surface area (Å²) in [6.07, 6.45) is 0.843. The average molecular weight is 176 g/mol. The Morgan fingerprint density at radius 1 is 1.73 bits per heavy atom. The molecule has 0 aliphatic heterocycles. The number of H-pyrrole nitrogens is 1. The molecule has 0 aliphatic carbocycles. The summed E-state index contributed by atoms with van der Waals surface area (Å²) in [6, 6.07) is 0. The molecule has 0 radical (unpaired) electrons. The molecule has 62 valence electrons. The molecule has 1 unspecified atom stereocenters. The molecular weight excluding hydrogens is 166 g/mol. The zero-order chi connectivity index (χ0) is 8.27. The zero-order valence-electron chi connectivity index (χ0n) is 6.47. The first-order chi connectivity index (χ1) is 5.22. The topological polar surface area (TPSA) is 50.8 Å². The molecule has 1 aromatic rings. The number of halogens is 1. The van der Waals surface area contributed by atoms with E-state index >= 15 is 0 Å². The van der Waals surface area contributed by atoms with Crippen LogP contribution in [-0.2, 0) is 11.2 Å². The Labute approximate surface area is 69.9 Å². The lowest BCUT2D eigenvalue weighted by molar-refractivity contribution is 0.117. The van der Waals surface area contributed by atoms with Crippen LogP contribution < -0.4 is 0 Å². The molecular formula is C6H10ClN3O. The lowest BCUT2D eigenvalue weighted by Gasteiger charge is -2.04. The van der Waals surface area contributed by atoms with E-state index in [0.29, 0.717) is 6.42 Å². The van der Waals surface area contributed by atoms with Gasteiger partial charge in [0.15, 0.2) is 0 Å². The second-order valence-corrected chi connectivity index (χ2v) is 2.64. The largest absolute Gasteiger partial charge is 0.381 e. The Kier molecular flexibility index (Phi) is 2.84. The van der Waals surface area contributed by atoms with E-state index in [2.05, 4.69) is 15.2 Å². The van der Waals surface area contributed by atoms with Crippen LogP contribution in [0, 0.1) is 0 Å². The number of nitrogens with zero attached hydrogens (tertiary/aromatic N) is 2. The molecule has 0 saturated heterocycles. The third-order valence-corrected chi connectivity index (χ3v) is 1.56. The van der Waals surface area contributed by atoms with Gasteiger partial charge in [0.1, 0.15) is 5.82 Å². The fourth-order valence-corrected chi connectivity index (χ4v) is 0.863.